The summed E-state index contributed by atoms with van der Waals surface area (Å²) < 4.78 is 4.85. The van der Waals surface area contributed by atoms with Gasteiger partial charge in [0.15, 0.2) is 5.82 Å². The van der Waals surface area contributed by atoms with E-state index in [9.17, 15) is 0 Å². The maximum absolute atomic E-state index is 5.30. The third-order valence-corrected chi connectivity index (χ3v) is 1.92. The van der Waals surface area contributed by atoms with Gasteiger partial charge in [-0.3, -0.25) is 0 Å². The Bertz CT molecular complexity index is 313. The second-order valence-corrected chi connectivity index (χ2v) is 3.06. The van der Waals surface area contributed by atoms with Gasteiger partial charge in [0.25, 0.3) is 0 Å². The van der Waals surface area contributed by atoms with Crippen LogP contribution in [0, 0.1) is 19.3 Å². The first-order chi connectivity index (χ1) is 6.76. The van der Waals surface area contributed by atoms with Crippen molar-refractivity contribution >= 4 is 0 Å². The summed E-state index contributed by atoms with van der Waals surface area (Å²) in [5, 5.41) is 7.01. The van der Waals surface area contributed by atoms with Crippen LogP contribution in [-0.2, 0) is 6.42 Å². The van der Waals surface area contributed by atoms with E-state index in [1.54, 1.807) is 6.92 Å². The van der Waals surface area contributed by atoms with Crippen molar-refractivity contribution in [3.05, 3.63) is 11.7 Å². The first-order valence-electron chi connectivity index (χ1n) is 4.75. The molecule has 0 spiro atoms. The quantitative estimate of drug-likeness (QED) is 0.706. The number of nitrogens with zero attached hydrogens (tertiary/aromatic N) is 2. The molecule has 0 saturated carbocycles. The predicted octanol–water partition coefficient (Wildman–Crippen LogP) is 0.922. The highest BCUT2D eigenvalue weighted by Gasteiger charge is 2.03. The van der Waals surface area contributed by atoms with Gasteiger partial charge in [0.1, 0.15) is 0 Å². The van der Waals surface area contributed by atoms with E-state index in [1.807, 2.05) is 0 Å². The molecule has 1 unspecified atom stereocenters. The predicted molar refractivity (Wildman–Crippen MR) is 53.7 cm³/mol. The Hall–Kier alpha value is -1.34. The smallest absolute Gasteiger partial charge is 0.223 e. The van der Waals surface area contributed by atoms with E-state index in [-0.39, 0.29) is 6.04 Å². The minimum absolute atomic E-state index is 0.142. The Morgan fingerprint density at radius 1 is 1.64 bits per heavy atom. The lowest BCUT2D eigenvalue weighted by molar-refractivity contribution is 0.386. The molecule has 0 aromatic carbocycles. The number of rotatable bonds is 5. The van der Waals surface area contributed by atoms with Crippen LogP contribution in [0.4, 0.5) is 0 Å². The van der Waals surface area contributed by atoms with Crippen molar-refractivity contribution in [2.75, 3.05) is 6.54 Å². The van der Waals surface area contributed by atoms with Crippen LogP contribution >= 0.6 is 0 Å². The SMILES string of the molecule is C#CC(CC)NCCc1noc(C)n1. The summed E-state index contributed by atoms with van der Waals surface area (Å²) in [6.07, 6.45) is 6.98. The number of aryl methyl sites for hydroxylation is 1. The number of hydrogen-bond donors (Lipinski definition) is 1. The highest BCUT2D eigenvalue weighted by atomic mass is 16.5. The molecule has 76 valence electrons. The molecule has 1 atom stereocenters. The summed E-state index contributed by atoms with van der Waals surface area (Å²) in [5.41, 5.74) is 0. The topological polar surface area (TPSA) is 51.0 Å². The van der Waals surface area contributed by atoms with Crippen molar-refractivity contribution < 1.29 is 4.52 Å². The molecule has 1 rings (SSSR count). The standard InChI is InChI=1S/C10H15N3O/c1-4-9(5-2)11-7-6-10-12-8(3)14-13-10/h1,9,11H,5-7H2,2-3H3. The third kappa shape index (κ3) is 3.19. The molecule has 0 aliphatic carbocycles. The molecule has 1 heterocycles. The number of aromatic nitrogens is 2. The van der Waals surface area contributed by atoms with Crippen molar-refractivity contribution in [1.82, 2.24) is 15.5 Å². The van der Waals surface area contributed by atoms with Crippen LogP contribution in [0.1, 0.15) is 25.1 Å². The molecule has 1 aromatic heterocycles. The molecule has 0 saturated heterocycles. The highest BCUT2D eigenvalue weighted by Crippen LogP contribution is 1.95. The summed E-state index contributed by atoms with van der Waals surface area (Å²) >= 11 is 0. The van der Waals surface area contributed by atoms with E-state index >= 15 is 0 Å². The summed E-state index contributed by atoms with van der Waals surface area (Å²) in [6.45, 7) is 4.61. The molecule has 4 nitrogen and oxygen atoms in total. The fraction of sp³-hybridized carbons (Fsp3) is 0.600. The van der Waals surface area contributed by atoms with Crippen molar-refractivity contribution in [2.45, 2.75) is 32.7 Å². The van der Waals surface area contributed by atoms with E-state index < -0.39 is 0 Å². The van der Waals surface area contributed by atoms with Crippen LogP contribution in [0.5, 0.6) is 0 Å². The van der Waals surface area contributed by atoms with Gasteiger partial charge in [-0.2, -0.15) is 4.98 Å². The Balaban J connectivity index is 2.25. The maximum Gasteiger partial charge on any atom is 0.223 e. The van der Waals surface area contributed by atoms with Crippen LogP contribution in [-0.4, -0.2) is 22.7 Å². The van der Waals surface area contributed by atoms with E-state index in [1.165, 1.54) is 0 Å². The lowest BCUT2D eigenvalue weighted by Crippen LogP contribution is -2.28. The molecule has 0 aliphatic heterocycles. The second-order valence-electron chi connectivity index (χ2n) is 3.06. The van der Waals surface area contributed by atoms with Gasteiger partial charge < -0.3 is 9.84 Å². The van der Waals surface area contributed by atoms with Crippen LogP contribution in [0.3, 0.4) is 0 Å². The molecule has 1 aromatic rings. The number of hydrogen-bond acceptors (Lipinski definition) is 4. The maximum atomic E-state index is 5.30. The minimum atomic E-state index is 0.142. The summed E-state index contributed by atoms with van der Waals surface area (Å²) in [5.74, 6) is 3.99. The van der Waals surface area contributed by atoms with Gasteiger partial charge in [-0.15, -0.1) is 6.42 Å². The van der Waals surface area contributed by atoms with Crippen LogP contribution in [0.2, 0.25) is 0 Å². The molecule has 0 bridgehead atoms. The average Bonchev–Trinajstić information content (AvgIpc) is 2.59. The van der Waals surface area contributed by atoms with Gasteiger partial charge in [-0.05, 0) is 6.42 Å². The first kappa shape index (κ1) is 10.7. The monoisotopic (exact) mass is 193 g/mol. The van der Waals surface area contributed by atoms with Crippen LogP contribution < -0.4 is 5.32 Å². The van der Waals surface area contributed by atoms with Crippen LogP contribution in [0.15, 0.2) is 4.52 Å². The zero-order valence-electron chi connectivity index (χ0n) is 8.58. The van der Waals surface area contributed by atoms with E-state index in [2.05, 4.69) is 28.3 Å². The molecular weight excluding hydrogens is 178 g/mol. The first-order valence-corrected chi connectivity index (χ1v) is 4.75. The zero-order valence-corrected chi connectivity index (χ0v) is 8.58. The Morgan fingerprint density at radius 3 is 2.93 bits per heavy atom. The van der Waals surface area contributed by atoms with Crippen molar-refractivity contribution in [2.24, 2.45) is 0 Å². The van der Waals surface area contributed by atoms with Crippen molar-refractivity contribution in [3.63, 3.8) is 0 Å². The molecular formula is C10H15N3O. The van der Waals surface area contributed by atoms with E-state index in [4.69, 9.17) is 10.9 Å². The summed E-state index contributed by atoms with van der Waals surface area (Å²) in [7, 11) is 0. The normalized spacial score (nSPS) is 12.4. The van der Waals surface area contributed by atoms with E-state index in [0.717, 1.165) is 25.2 Å². The Morgan fingerprint density at radius 2 is 2.43 bits per heavy atom. The molecule has 1 N–H and O–H groups in total. The van der Waals surface area contributed by atoms with Gasteiger partial charge in [-0.1, -0.05) is 18.0 Å². The molecule has 14 heavy (non-hydrogen) atoms. The Kier molecular flexibility index (Phi) is 4.14. The van der Waals surface area contributed by atoms with Crippen LogP contribution in [0.25, 0.3) is 0 Å². The molecule has 0 amide bonds. The fourth-order valence-electron chi connectivity index (χ4n) is 1.12. The third-order valence-electron chi connectivity index (χ3n) is 1.92. The molecule has 0 fully saturated rings. The number of terminal acetylenes is 1. The zero-order chi connectivity index (χ0) is 10.4. The van der Waals surface area contributed by atoms with Gasteiger partial charge in [0, 0.05) is 19.9 Å². The Labute approximate surface area is 84.1 Å². The average molecular weight is 193 g/mol. The number of nitrogens with one attached hydrogen (secondary N) is 1. The molecule has 0 aliphatic rings. The summed E-state index contributed by atoms with van der Waals surface area (Å²) in [4.78, 5) is 4.09. The molecule has 0 radical (unpaired) electrons. The van der Waals surface area contributed by atoms with Crippen molar-refractivity contribution in [1.29, 1.82) is 0 Å². The second kappa shape index (κ2) is 5.40. The van der Waals surface area contributed by atoms with E-state index in [0.29, 0.717) is 5.89 Å². The van der Waals surface area contributed by atoms with Crippen molar-refractivity contribution in [3.8, 4) is 12.3 Å². The highest BCUT2D eigenvalue weighted by molar-refractivity contribution is 4.98. The van der Waals surface area contributed by atoms with Gasteiger partial charge >= 0.3 is 0 Å². The largest absolute Gasteiger partial charge is 0.340 e. The molecule has 4 heteroatoms. The summed E-state index contributed by atoms with van der Waals surface area (Å²) in [6, 6.07) is 0.142. The van der Waals surface area contributed by atoms with Gasteiger partial charge in [0.05, 0.1) is 6.04 Å². The minimum Gasteiger partial charge on any atom is -0.340 e. The fourth-order valence-corrected chi connectivity index (χ4v) is 1.12. The van der Waals surface area contributed by atoms with Gasteiger partial charge in [0.2, 0.25) is 5.89 Å². The lowest BCUT2D eigenvalue weighted by Gasteiger charge is -2.08. The lowest BCUT2D eigenvalue weighted by atomic mass is 10.2. The van der Waals surface area contributed by atoms with Gasteiger partial charge in [-0.25, -0.2) is 0 Å².